The summed E-state index contributed by atoms with van der Waals surface area (Å²) in [6, 6.07) is 14.3. The smallest absolute Gasteiger partial charge is 0.130 e. The Hall–Kier alpha value is -1.60. The van der Waals surface area contributed by atoms with Crippen molar-refractivity contribution in [3.63, 3.8) is 0 Å². The lowest BCUT2D eigenvalue weighted by molar-refractivity contribution is -0.116. The third-order valence-corrected chi connectivity index (χ3v) is 3.71. The zero-order chi connectivity index (χ0) is 13.8. The van der Waals surface area contributed by atoms with E-state index in [1.54, 1.807) is 6.92 Å². The SMILES string of the molecule is CC(=O)CCc1ccc(-c2cccc(Cl)c2C)cc1. The lowest BCUT2D eigenvalue weighted by atomic mass is 9.98. The van der Waals surface area contributed by atoms with Gasteiger partial charge in [0.1, 0.15) is 5.78 Å². The largest absolute Gasteiger partial charge is 0.300 e. The number of aryl methyl sites for hydroxylation is 1. The van der Waals surface area contributed by atoms with Crippen LogP contribution in [0.15, 0.2) is 42.5 Å². The molecule has 2 heteroatoms. The predicted molar refractivity (Wildman–Crippen MR) is 80.6 cm³/mol. The van der Waals surface area contributed by atoms with Gasteiger partial charge in [0, 0.05) is 11.4 Å². The monoisotopic (exact) mass is 272 g/mol. The van der Waals surface area contributed by atoms with Crippen molar-refractivity contribution < 1.29 is 4.79 Å². The highest BCUT2D eigenvalue weighted by atomic mass is 35.5. The van der Waals surface area contributed by atoms with Gasteiger partial charge in [-0.1, -0.05) is 48.0 Å². The van der Waals surface area contributed by atoms with Crippen molar-refractivity contribution in [2.24, 2.45) is 0 Å². The van der Waals surface area contributed by atoms with Gasteiger partial charge in [0.15, 0.2) is 0 Å². The Morgan fingerprint density at radius 3 is 2.42 bits per heavy atom. The fourth-order valence-corrected chi connectivity index (χ4v) is 2.27. The molecule has 0 spiro atoms. The molecule has 0 saturated carbocycles. The Kier molecular flexibility index (Phi) is 4.39. The molecule has 0 heterocycles. The second-order valence-electron chi connectivity index (χ2n) is 4.81. The number of Topliss-reactive ketones (excluding diaryl/α,β-unsaturated/α-hetero) is 1. The van der Waals surface area contributed by atoms with Crippen molar-refractivity contribution in [3.8, 4) is 11.1 Å². The van der Waals surface area contributed by atoms with Crippen LogP contribution in [0.3, 0.4) is 0 Å². The first kappa shape index (κ1) is 13.8. The summed E-state index contributed by atoms with van der Waals surface area (Å²) in [7, 11) is 0. The van der Waals surface area contributed by atoms with E-state index in [-0.39, 0.29) is 5.78 Å². The predicted octanol–water partition coefficient (Wildman–Crippen LogP) is 4.84. The van der Waals surface area contributed by atoms with Crippen LogP contribution in [0.25, 0.3) is 11.1 Å². The van der Waals surface area contributed by atoms with Gasteiger partial charge in [-0.2, -0.15) is 0 Å². The Morgan fingerprint density at radius 2 is 1.79 bits per heavy atom. The molecule has 0 aliphatic heterocycles. The van der Waals surface area contributed by atoms with Crippen LogP contribution in [0.4, 0.5) is 0 Å². The van der Waals surface area contributed by atoms with E-state index < -0.39 is 0 Å². The average Bonchev–Trinajstić information content (AvgIpc) is 2.40. The normalized spacial score (nSPS) is 10.5. The van der Waals surface area contributed by atoms with Crippen molar-refractivity contribution in [2.75, 3.05) is 0 Å². The van der Waals surface area contributed by atoms with Crippen LogP contribution in [0, 0.1) is 6.92 Å². The Balaban J connectivity index is 2.22. The standard InChI is InChI=1S/C17H17ClO/c1-12(19)6-7-14-8-10-15(11-9-14)16-4-3-5-17(18)13(16)2/h3-5,8-11H,6-7H2,1-2H3. The summed E-state index contributed by atoms with van der Waals surface area (Å²) in [6.07, 6.45) is 1.42. The summed E-state index contributed by atoms with van der Waals surface area (Å²) in [5.74, 6) is 0.231. The van der Waals surface area contributed by atoms with Gasteiger partial charge in [-0.15, -0.1) is 0 Å². The van der Waals surface area contributed by atoms with Gasteiger partial charge in [0.25, 0.3) is 0 Å². The molecule has 0 aliphatic rings. The van der Waals surface area contributed by atoms with Gasteiger partial charge in [0.05, 0.1) is 0 Å². The number of hydrogen-bond donors (Lipinski definition) is 0. The molecule has 0 fully saturated rings. The van der Waals surface area contributed by atoms with Crippen molar-refractivity contribution in [2.45, 2.75) is 26.7 Å². The Bertz CT molecular complexity index is 585. The molecule has 2 aromatic rings. The number of halogens is 1. The molecule has 98 valence electrons. The molecule has 0 atom stereocenters. The second kappa shape index (κ2) is 6.03. The summed E-state index contributed by atoms with van der Waals surface area (Å²) < 4.78 is 0. The summed E-state index contributed by atoms with van der Waals surface area (Å²) in [5.41, 5.74) is 4.61. The molecule has 0 N–H and O–H groups in total. The topological polar surface area (TPSA) is 17.1 Å². The molecule has 2 rings (SSSR count). The third kappa shape index (κ3) is 3.45. The fraction of sp³-hybridized carbons (Fsp3) is 0.235. The lowest BCUT2D eigenvalue weighted by Gasteiger charge is -2.08. The maximum Gasteiger partial charge on any atom is 0.130 e. The summed E-state index contributed by atoms with van der Waals surface area (Å²) >= 11 is 6.14. The van der Waals surface area contributed by atoms with Gasteiger partial charge in [-0.25, -0.2) is 0 Å². The molecule has 1 nitrogen and oxygen atoms in total. The quantitative estimate of drug-likeness (QED) is 0.778. The number of hydrogen-bond acceptors (Lipinski definition) is 1. The third-order valence-electron chi connectivity index (χ3n) is 3.30. The summed E-state index contributed by atoms with van der Waals surface area (Å²) in [5, 5.41) is 0.790. The Morgan fingerprint density at radius 1 is 1.11 bits per heavy atom. The highest BCUT2D eigenvalue weighted by Crippen LogP contribution is 2.28. The minimum absolute atomic E-state index is 0.231. The molecule has 19 heavy (non-hydrogen) atoms. The molecule has 0 unspecified atom stereocenters. The van der Waals surface area contributed by atoms with Gasteiger partial charge in [-0.3, -0.25) is 0 Å². The number of ketones is 1. The minimum atomic E-state index is 0.231. The van der Waals surface area contributed by atoms with Crippen LogP contribution in [0.2, 0.25) is 5.02 Å². The zero-order valence-electron chi connectivity index (χ0n) is 11.2. The minimum Gasteiger partial charge on any atom is -0.300 e. The highest BCUT2D eigenvalue weighted by Gasteiger charge is 2.05. The molecule has 2 aromatic carbocycles. The van der Waals surface area contributed by atoms with E-state index in [1.165, 1.54) is 5.56 Å². The van der Waals surface area contributed by atoms with Crippen LogP contribution in [0.5, 0.6) is 0 Å². The van der Waals surface area contributed by atoms with Crippen molar-refractivity contribution >= 4 is 17.4 Å². The van der Waals surface area contributed by atoms with E-state index in [1.807, 2.05) is 19.1 Å². The van der Waals surface area contributed by atoms with Crippen molar-refractivity contribution in [1.29, 1.82) is 0 Å². The molecular weight excluding hydrogens is 256 g/mol. The Labute approximate surface area is 119 Å². The number of carbonyl (C=O) groups is 1. The van der Waals surface area contributed by atoms with Gasteiger partial charge >= 0.3 is 0 Å². The van der Waals surface area contributed by atoms with E-state index in [0.717, 1.165) is 28.1 Å². The van der Waals surface area contributed by atoms with E-state index >= 15 is 0 Å². The van der Waals surface area contributed by atoms with E-state index in [2.05, 4.69) is 30.3 Å². The molecule has 0 amide bonds. The van der Waals surface area contributed by atoms with Gasteiger partial charge in [0.2, 0.25) is 0 Å². The fourth-order valence-electron chi connectivity index (χ4n) is 2.09. The highest BCUT2D eigenvalue weighted by molar-refractivity contribution is 6.31. The molecule has 0 saturated heterocycles. The van der Waals surface area contributed by atoms with Gasteiger partial charge in [-0.05, 0) is 48.6 Å². The maximum absolute atomic E-state index is 11.0. The first-order chi connectivity index (χ1) is 9.08. The first-order valence-corrected chi connectivity index (χ1v) is 6.79. The van der Waals surface area contributed by atoms with Crippen molar-refractivity contribution in [1.82, 2.24) is 0 Å². The number of benzene rings is 2. The molecule has 0 bridgehead atoms. The molecular formula is C17H17ClO. The van der Waals surface area contributed by atoms with Crippen LogP contribution in [0.1, 0.15) is 24.5 Å². The lowest BCUT2D eigenvalue weighted by Crippen LogP contribution is -1.94. The number of rotatable bonds is 4. The van der Waals surface area contributed by atoms with E-state index in [0.29, 0.717) is 6.42 Å². The van der Waals surface area contributed by atoms with E-state index in [9.17, 15) is 4.79 Å². The van der Waals surface area contributed by atoms with Crippen molar-refractivity contribution in [3.05, 3.63) is 58.6 Å². The summed E-state index contributed by atoms with van der Waals surface area (Å²) in [4.78, 5) is 11.0. The van der Waals surface area contributed by atoms with E-state index in [4.69, 9.17) is 11.6 Å². The molecule has 0 radical (unpaired) electrons. The van der Waals surface area contributed by atoms with Crippen LogP contribution in [-0.2, 0) is 11.2 Å². The first-order valence-electron chi connectivity index (χ1n) is 6.42. The summed E-state index contributed by atoms with van der Waals surface area (Å²) in [6.45, 7) is 3.66. The van der Waals surface area contributed by atoms with Gasteiger partial charge < -0.3 is 4.79 Å². The molecule has 0 aliphatic carbocycles. The van der Waals surface area contributed by atoms with Crippen LogP contribution < -0.4 is 0 Å². The van der Waals surface area contributed by atoms with Crippen LogP contribution >= 0.6 is 11.6 Å². The number of carbonyl (C=O) groups excluding carboxylic acids is 1. The van der Waals surface area contributed by atoms with Crippen LogP contribution in [-0.4, -0.2) is 5.78 Å². The average molecular weight is 273 g/mol. The molecule has 0 aromatic heterocycles. The zero-order valence-corrected chi connectivity index (χ0v) is 12.0. The second-order valence-corrected chi connectivity index (χ2v) is 5.22. The maximum atomic E-state index is 11.0.